The first-order valence-electron chi connectivity index (χ1n) is 7.51. The van der Waals surface area contributed by atoms with Crippen molar-refractivity contribution in [1.82, 2.24) is 4.90 Å². The maximum atomic E-state index is 12.2. The standard InChI is InChI=1S/C16H23N2O5/c1-16(2,3)23-15(19)17-9-10-22-14(11-17)12-5-7-13(8-6-12)18(20)21-4/h5-8,14H,9-11H2,1-4H3/q+1. The van der Waals surface area contributed by atoms with Gasteiger partial charge < -0.3 is 14.4 Å². The molecule has 1 amide bonds. The number of hydrogen-bond donors (Lipinski definition) is 0. The fraction of sp³-hybridized carbons (Fsp3) is 0.562. The Morgan fingerprint density at radius 2 is 1.96 bits per heavy atom. The zero-order chi connectivity index (χ0) is 17.0. The molecule has 1 heterocycles. The van der Waals surface area contributed by atoms with Crippen LogP contribution in [0.1, 0.15) is 32.4 Å². The van der Waals surface area contributed by atoms with E-state index >= 15 is 0 Å². The lowest BCUT2D eigenvalue weighted by Crippen LogP contribution is -2.44. The number of nitrogens with zero attached hydrogens (tertiary/aromatic N) is 2. The topological polar surface area (TPSA) is 68.1 Å². The van der Waals surface area contributed by atoms with Crippen LogP contribution in [0.4, 0.5) is 10.5 Å². The number of carbonyl (C=O) groups excluding carboxylic acids is 1. The molecule has 7 nitrogen and oxygen atoms in total. The van der Waals surface area contributed by atoms with Gasteiger partial charge in [0.25, 0.3) is 4.92 Å². The summed E-state index contributed by atoms with van der Waals surface area (Å²) in [5.41, 5.74) is 0.771. The van der Waals surface area contributed by atoms with Gasteiger partial charge in [-0.2, -0.15) is 0 Å². The number of ether oxygens (including phenoxy) is 2. The number of rotatable bonds is 3. The molecule has 1 aromatic carbocycles. The monoisotopic (exact) mass is 323 g/mol. The van der Waals surface area contributed by atoms with Gasteiger partial charge in [0.05, 0.1) is 18.1 Å². The number of morpholine rings is 1. The van der Waals surface area contributed by atoms with Crippen LogP contribution in [0.3, 0.4) is 0 Å². The zero-order valence-electron chi connectivity index (χ0n) is 13.9. The van der Waals surface area contributed by atoms with E-state index in [0.29, 0.717) is 30.3 Å². The fourth-order valence-electron chi connectivity index (χ4n) is 2.26. The van der Waals surface area contributed by atoms with Crippen molar-refractivity contribution >= 4 is 11.8 Å². The van der Waals surface area contributed by atoms with Gasteiger partial charge in [-0.25, -0.2) is 9.63 Å². The lowest BCUT2D eigenvalue weighted by Gasteiger charge is -2.34. The Morgan fingerprint density at radius 3 is 2.52 bits per heavy atom. The van der Waals surface area contributed by atoms with Crippen molar-refractivity contribution in [1.29, 1.82) is 0 Å². The molecule has 23 heavy (non-hydrogen) atoms. The van der Waals surface area contributed by atoms with E-state index in [4.69, 9.17) is 9.47 Å². The van der Waals surface area contributed by atoms with Crippen LogP contribution in [0.5, 0.6) is 0 Å². The van der Waals surface area contributed by atoms with Crippen LogP contribution in [0.2, 0.25) is 0 Å². The Kier molecular flexibility index (Phi) is 5.20. The molecule has 0 radical (unpaired) electrons. The molecule has 1 saturated heterocycles. The first kappa shape index (κ1) is 17.2. The highest BCUT2D eigenvalue weighted by molar-refractivity contribution is 5.68. The van der Waals surface area contributed by atoms with Crippen molar-refractivity contribution in [3.63, 3.8) is 0 Å². The van der Waals surface area contributed by atoms with E-state index in [1.165, 1.54) is 7.11 Å². The predicted octanol–water partition coefficient (Wildman–Crippen LogP) is 2.97. The minimum Gasteiger partial charge on any atom is -0.444 e. The number of carbonyl (C=O) groups is 1. The lowest BCUT2D eigenvalue weighted by molar-refractivity contribution is -0.736. The van der Waals surface area contributed by atoms with Crippen molar-refractivity contribution in [3.05, 3.63) is 34.7 Å². The second kappa shape index (κ2) is 6.95. The molecule has 126 valence electrons. The van der Waals surface area contributed by atoms with Gasteiger partial charge in [-0.05, 0) is 38.5 Å². The molecule has 1 aliphatic heterocycles. The van der Waals surface area contributed by atoms with Crippen LogP contribution in [-0.2, 0) is 14.3 Å². The number of hydrogen-bond acceptors (Lipinski definition) is 5. The molecule has 0 aromatic heterocycles. The maximum absolute atomic E-state index is 12.2. The molecule has 0 spiro atoms. The number of amides is 1. The molecular formula is C16H23N2O5+. The summed E-state index contributed by atoms with van der Waals surface area (Å²) < 4.78 is 11.1. The summed E-state index contributed by atoms with van der Waals surface area (Å²) >= 11 is 0. The highest BCUT2D eigenvalue weighted by atomic mass is 16.8. The molecule has 0 saturated carbocycles. The zero-order valence-corrected chi connectivity index (χ0v) is 13.9. The maximum Gasteiger partial charge on any atom is 0.410 e. The van der Waals surface area contributed by atoms with Crippen molar-refractivity contribution in [2.24, 2.45) is 0 Å². The summed E-state index contributed by atoms with van der Waals surface area (Å²) in [6, 6.07) is 6.90. The second-order valence-electron chi connectivity index (χ2n) is 6.32. The summed E-state index contributed by atoms with van der Waals surface area (Å²) in [5.74, 6) is 0. The smallest absolute Gasteiger partial charge is 0.410 e. The third kappa shape index (κ3) is 4.66. The molecule has 0 aliphatic carbocycles. The highest BCUT2D eigenvalue weighted by Crippen LogP contribution is 2.25. The van der Waals surface area contributed by atoms with Gasteiger partial charge in [0.15, 0.2) is 7.11 Å². The van der Waals surface area contributed by atoms with Crippen LogP contribution in [0, 0.1) is 4.91 Å². The summed E-state index contributed by atoms with van der Waals surface area (Å²) in [5, 5.41) is 0. The molecule has 1 aromatic rings. The minimum absolute atomic E-state index is 0.243. The molecule has 0 bridgehead atoms. The van der Waals surface area contributed by atoms with Crippen LogP contribution in [0.25, 0.3) is 0 Å². The summed E-state index contributed by atoms with van der Waals surface area (Å²) in [7, 11) is 1.31. The van der Waals surface area contributed by atoms with Gasteiger partial charge in [-0.3, -0.25) is 0 Å². The quantitative estimate of drug-likeness (QED) is 0.800. The van der Waals surface area contributed by atoms with E-state index in [1.807, 2.05) is 20.8 Å². The van der Waals surface area contributed by atoms with Gasteiger partial charge in [0.1, 0.15) is 11.7 Å². The van der Waals surface area contributed by atoms with Crippen molar-refractivity contribution in [3.8, 4) is 0 Å². The van der Waals surface area contributed by atoms with Crippen molar-refractivity contribution in [2.75, 3.05) is 26.8 Å². The van der Waals surface area contributed by atoms with Crippen LogP contribution < -0.4 is 0 Å². The Bertz CT molecular complexity index is 565. The number of benzene rings is 1. The van der Waals surface area contributed by atoms with E-state index in [-0.39, 0.29) is 12.2 Å². The minimum atomic E-state index is -0.524. The van der Waals surface area contributed by atoms with E-state index in [9.17, 15) is 9.70 Å². The first-order valence-corrected chi connectivity index (χ1v) is 7.51. The summed E-state index contributed by atoms with van der Waals surface area (Å²) in [4.78, 5) is 30.2. The summed E-state index contributed by atoms with van der Waals surface area (Å²) in [6.45, 7) is 6.88. The van der Waals surface area contributed by atoms with Crippen molar-refractivity contribution in [2.45, 2.75) is 32.5 Å². The molecule has 1 aliphatic rings. The molecule has 7 heteroatoms. The Morgan fingerprint density at radius 1 is 1.30 bits per heavy atom. The Hall–Kier alpha value is -2.15. The lowest BCUT2D eigenvalue weighted by atomic mass is 10.1. The van der Waals surface area contributed by atoms with Gasteiger partial charge in [0.2, 0.25) is 0 Å². The average Bonchev–Trinajstić information content (AvgIpc) is 2.53. The normalized spacial score (nSPS) is 18.4. The molecule has 2 rings (SSSR count). The van der Waals surface area contributed by atoms with E-state index in [0.717, 1.165) is 5.56 Å². The first-order chi connectivity index (χ1) is 10.8. The predicted molar refractivity (Wildman–Crippen MR) is 83.2 cm³/mol. The molecule has 1 atom stereocenters. The highest BCUT2D eigenvalue weighted by Gasteiger charge is 2.29. The van der Waals surface area contributed by atoms with Crippen molar-refractivity contribution < 1.29 is 24.0 Å². The van der Waals surface area contributed by atoms with Crippen LogP contribution in [0.15, 0.2) is 24.3 Å². The van der Waals surface area contributed by atoms with E-state index < -0.39 is 5.60 Å². The SMILES string of the molecule is CO[N+](=O)c1ccc(C2CN(C(=O)OC(C)(C)C)CCO2)cc1. The summed E-state index contributed by atoms with van der Waals surface area (Å²) in [6.07, 6.45) is -0.583. The van der Waals surface area contributed by atoms with Gasteiger partial charge in [0, 0.05) is 18.7 Å². The Balaban J connectivity index is 2.03. The molecule has 1 fully saturated rings. The second-order valence-corrected chi connectivity index (χ2v) is 6.32. The van der Waals surface area contributed by atoms with Crippen LogP contribution >= 0.6 is 0 Å². The van der Waals surface area contributed by atoms with E-state index in [1.54, 1.807) is 29.2 Å². The molecular weight excluding hydrogens is 300 g/mol. The Labute approximate surface area is 135 Å². The van der Waals surface area contributed by atoms with E-state index in [2.05, 4.69) is 4.84 Å². The fourth-order valence-corrected chi connectivity index (χ4v) is 2.26. The third-order valence-electron chi connectivity index (χ3n) is 3.36. The van der Waals surface area contributed by atoms with Gasteiger partial charge in [-0.15, -0.1) is 0 Å². The largest absolute Gasteiger partial charge is 0.444 e. The molecule has 0 N–H and O–H groups in total. The average molecular weight is 323 g/mol. The third-order valence-corrected chi connectivity index (χ3v) is 3.36. The van der Waals surface area contributed by atoms with Crippen LogP contribution in [-0.4, -0.2) is 48.3 Å². The van der Waals surface area contributed by atoms with Gasteiger partial charge in [-0.1, -0.05) is 0 Å². The van der Waals surface area contributed by atoms with Gasteiger partial charge >= 0.3 is 11.8 Å². The molecule has 1 unspecified atom stereocenters.